The molecule has 0 N–H and O–H groups in total. The molecule has 0 saturated carbocycles. The van der Waals surface area contributed by atoms with Crippen molar-refractivity contribution in [2.45, 2.75) is 235 Å². The Kier molecular flexibility index (Phi) is 24.7. The number of aryl methyl sites for hydroxylation is 1. The lowest BCUT2D eigenvalue weighted by Gasteiger charge is -2.20. The molecule has 0 aliphatic rings. The fourth-order valence-electron chi connectivity index (χ4n) is 4.16. The standard InChI is InChI=1S/C12H22N2.C11H19NO.C11H19NS.C11H20O2.4CH4/c1-11(2,3)9-8-10(12(4,5)6)14(7)13-9;1-10(2,3)8-7-9(13-12-8)11(4,5)6;1-10(2,3)8-7-12-9(13-8)11(4,5)6;1-10(2,3)8(12)7-9(13)11(4,5)6;;;;/h8H,1-7H3;2*7H,1-6H3;7H2,1-6H3;4*1H4. The number of Topliss-reactive ketones (excluding diaryl/α,β-unsaturated/α-hetero) is 2. The highest BCUT2D eigenvalue weighted by atomic mass is 32.1. The third-order valence-corrected chi connectivity index (χ3v) is 10.2. The molecule has 3 aromatic heterocycles. The quantitative estimate of drug-likeness (QED) is 0.239. The molecule has 0 saturated heterocycles. The Morgan fingerprint density at radius 3 is 1.16 bits per heavy atom. The first kappa shape index (κ1) is 63.6. The van der Waals surface area contributed by atoms with Gasteiger partial charge in [0.25, 0.3) is 0 Å². The number of nitrogens with zero attached hydrogens (tertiary/aromatic N) is 4. The average molecular weight is 821 g/mol. The van der Waals surface area contributed by atoms with E-state index in [1.54, 1.807) is 0 Å². The maximum Gasteiger partial charge on any atom is 0.145 e. The summed E-state index contributed by atoms with van der Waals surface area (Å²) in [7, 11) is 2.02. The van der Waals surface area contributed by atoms with E-state index in [0.29, 0.717) is 0 Å². The third-order valence-electron chi connectivity index (χ3n) is 8.32. The van der Waals surface area contributed by atoms with E-state index in [0.717, 1.165) is 11.5 Å². The lowest BCUT2D eigenvalue weighted by atomic mass is 9.82. The van der Waals surface area contributed by atoms with Crippen LogP contribution in [0.3, 0.4) is 0 Å². The molecule has 336 valence electrons. The van der Waals surface area contributed by atoms with Gasteiger partial charge in [0.15, 0.2) is 0 Å². The van der Waals surface area contributed by atoms with E-state index in [9.17, 15) is 9.59 Å². The van der Waals surface area contributed by atoms with Gasteiger partial charge in [-0.25, -0.2) is 4.98 Å². The minimum Gasteiger partial charge on any atom is -0.361 e. The number of rotatable bonds is 2. The lowest BCUT2D eigenvalue weighted by molar-refractivity contribution is -0.135. The summed E-state index contributed by atoms with van der Waals surface area (Å²) in [5.74, 6) is 0.997. The number of aromatic nitrogens is 4. The summed E-state index contributed by atoms with van der Waals surface area (Å²) >= 11 is 1.84. The second-order valence-corrected chi connectivity index (χ2v) is 23.7. The molecular formula is C49H96N4O3S. The lowest BCUT2D eigenvalue weighted by Crippen LogP contribution is -2.28. The Labute approximate surface area is 359 Å². The van der Waals surface area contributed by atoms with Gasteiger partial charge in [-0.3, -0.25) is 14.3 Å². The number of hydrogen-bond acceptors (Lipinski definition) is 7. The van der Waals surface area contributed by atoms with Crippen LogP contribution in [0.25, 0.3) is 0 Å². The minimum absolute atomic E-state index is 0. The van der Waals surface area contributed by atoms with Crippen molar-refractivity contribution in [3.63, 3.8) is 0 Å². The molecule has 0 atom stereocenters. The van der Waals surface area contributed by atoms with Gasteiger partial charge in [0, 0.05) is 67.8 Å². The van der Waals surface area contributed by atoms with Crippen molar-refractivity contribution >= 4 is 22.9 Å². The highest BCUT2D eigenvalue weighted by Gasteiger charge is 2.29. The molecule has 0 spiro atoms. The van der Waals surface area contributed by atoms with E-state index in [2.05, 4.69) is 152 Å². The van der Waals surface area contributed by atoms with Crippen LogP contribution < -0.4 is 0 Å². The first-order chi connectivity index (χ1) is 23.1. The summed E-state index contributed by atoms with van der Waals surface area (Å²) in [6.07, 6.45) is 2.08. The Bertz CT molecular complexity index is 1450. The fourth-order valence-corrected chi connectivity index (χ4v) is 5.19. The molecule has 3 aromatic rings. The molecule has 3 heterocycles. The SMILES string of the molecule is C.C.C.C.CC(C)(C)C(=O)CC(=O)C(C)(C)C.CC(C)(C)c1cc(C(C)(C)C)on1.CC(C)(C)c1cnc(C(C)(C)C)s1.Cn1nc(C(C)(C)C)cc1C(C)(C)C. The Morgan fingerprint density at radius 1 is 0.561 bits per heavy atom. The predicted octanol–water partition coefficient (Wildman–Crippen LogP) is 15.2. The van der Waals surface area contributed by atoms with Crippen LogP contribution in [0.15, 0.2) is 22.9 Å². The number of carbonyl (C=O) groups excluding carboxylic acids is 2. The van der Waals surface area contributed by atoms with Crippen LogP contribution in [-0.4, -0.2) is 31.5 Å². The molecule has 8 heteroatoms. The van der Waals surface area contributed by atoms with Crippen LogP contribution in [0.2, 0.25) is 0 Å². The maximum absolute atomic E-state index is 11.5. The van der Waals surface area contributed by atoms with Crippen LogP contribution in [0, 0.1) is 10.8 Å². The van der Waals surface area contributed by atoms with Crippen molar-refractivity contribution in [3.8, 4) is 0 Å². The van der Waals surface area contributed by atoms with Crippen molar-refractivity contribution in [1.29, 1.82) is 0 Å². The first-order valence-electron chi connectivity index (χ1n) is 19.2. The van der Waals surface area contributed by atoms with E-state index in [1.807, 2.05) is 70.8 Å². The first-order valence-corrected chi connectivity index (χ1v) is 20.0. The van der Waals surface area contributed by atoms with Crippen LogP contribution >= 0.6 is 11.3 Å². The van der Waals surface area contributed by atoms with Crippen LogP contribution in [0.5, 0.6) is 0 Å². The van der Waals surface area contributed by atoms with Gasteiger partial charge in [-0.15, -0.1) is 11.3 Å². The molecule has 0 aliphatic heterocycles. The second kappa shape index (κ2) is 22.1. The van der Waals surface area contributed by atoms with Crippen molar-refractivity contribution in [2.24, 2.45) is 17.9 Å². The summed E-state index contributed by atoms with van der Waals surface area (Å²) in [6, 6.07) is 4.28. The molecule has 0 aromatic carbocycles. The highest BCUT2D eigenvalue weighted by Crippen LogP contribution is 2.33. The zero-order valence-corrected chi connectivity index (χ0v) is 39.7. The van der Waals surface area contributed by atoms with E-state index >= 15 is 0 Å². The van der Waals surface area contributed by atoms with Gasteiger partial charge in [0.05, 0.1) is 22.8 Å². The second-order valence-electron chi connectivity index (χ2n) is 22.7. The fraction of sp³-hybridized carbons (Fsp3) is 0.776. The summed E-state index contributed by atoms with van der Waals surface area (Å²) in [5, 5.41) is 9.88. The molecular weight excluding hydrogens is 725 g/mol. The average Bonchev–Trinajstić information content (AvgIpc) is 3.66. The monoisotopic (exact) mass is 821 g/mol. The predicted molar refractivity (Wildman–Crippen MR) is 254 cm³/mol. The van der Waals surface area contributed by atoms with Gasteiger partial charge in [0.2, 0.25) is 0 Å². The summed E-state index contributed by atoms with van der Waals surface area (Å²) in [4.78, 5) is 28.8. The van der Waals surface area contributed by atoms with Crippen molar-refractivity contribution < 1.29 is 14.1 Å². The molecule has 3 rings (SSSR count). The number of hydrogen-bond donors (Lipinski definition) is 0. The number of thiazole rings is 1. The number of carbonyl (C=O) groups is 2. The molecule has 0 unspecified atom stereocenters. The number of ketones is 2. The molecule has 0 fully saturated rings. The minimum atomic E-state index is -0.402. The van der Waals surface area contributed by atoms with Crippen molar-refractivity contribution in [2.75, 3.05) is 0 Å². The molecule has 57 heavy (non-hydrogen) atoms. The Hall–Kier alpha value is -2.61. The third kappa shape index (κ3) is 22.4. The van der Waals surface area contributed by atoms with Crippen molar-refractivity contribution in [1.82, 2.24) is 19.9 Å². The van der Waals surface area contributed by atoms with Crippen molar-refractivity contribution in [3.05, 3.63) is 51.1 Å². The van der Waals surface area contributed by atoms with Crippen LogP contribution in [0.1, 0.15) is 235 Å². The summed E-state index contributed by atoms with van der Waals surface area (Å²) in [6.45, 7) is 50.4. The van der Waals surface area contributed by atoms with E-state index < -0.39 is 10.8 Å². The van der Waals surface area contributed by atoms with Gasteiger partial charge in [-0.05, 0) is 11.5 Å². The summed E-state index contributed by atoms with van der Waals surface area (Å²) < 4.78 is 7.31. The Balaban J connectivity index is -0.000000206. The zero-order chi connectivity index (χ0) is 42.6. The van der Waals surface area contributed by atoms with Gasteiger partial charge in [0.1, 0.15) is 17.3 Å². The summed E-state index contributed by atoms with van der Waals surface area (Å²) in [5.41, 5.74) is 3.55. The van der Waals surface area contributed by atoms with E-state index in [4.69, 9.17) is 4.52 Å². The van der Waals surface area contributed by atoms with E-state index in [-0.39, 0.29) is 80.2 Å². The Morgan fingerprint density at radius 2 is 0.965 bits per heavy atom. The molecule has 0 radical (unpaired) electrons. The molecule has 0 bridgehead atoms. The van der Waals surface area contributed by atoms with Crippen LogP contribution in [-0.2, 0) is 49.1 Å². The van der Waals surface area contributed by atoms with Gasteiger partial charge < -0.3 is 4.52 Å². The molecule has 0 amide bonds. The van der Waals surface area contributed by atoms with E-state index in [1.165, 1.54) is 21.3 Å². The molecule has 7 nitrogen and oxygen atoms in total. The van der Waals surface area contributed by atoms with Gasteiger partial charge >= 0.3 is 0 Å². The maximum atomic E-state index is 11.5. The topological polar surface area (TPSA) is 90.9 Å². The highest BCUT2D eigenvalue weighted by molar-refractivity contribution is 7.11. The van der Waals surface area contributed by atoms with Gasteiger partial charge in [-0.1, -0.05) is 201 Å². The zero-order valence-electron chi connectivity index (χ0n) is 38.9. The normalized spacial score (nSPS) is 12.3. The molecule has 0 aliphatic carbocycles. The van der Waals surface area contributed by atoms with Gasteiger partial charge in [-0.2, -0.15) is 5.10 Å². The van der Waals surface area contributed by atoms with Crippen LogP contribution in [0.4, 0.5) is 0 Å². The smallest absolute Gasteiger partial charge is 0.145 e. The largest absolute Gasteiger partial charge is 0.361 e.